The van der Waals surface area contributed by atoms with Crippen LogP contribution in [-0.4, -0.2) is 18.6 Å². The molecule has 0 aromatic heterocycles. The number of hydrogen-bond donors (Lipinski definition) is 1. The molecule has 0 fully saturated rings. The number of halogens is 1. The van der Waals surface area contributed by atoms with E-state index in [0.717, 1.165) is 23.3 Å². The van der Waals surface area contributed by atoms with Crippen molar-refractivity contribution >= 4 is 17.7 Å². The van der Waals surface area contributed by atoms with Crippen molar-refractivity contribution in [3.8, 4) is 11.5 Å². The van der Waals surface area contributed by atoms with Crippen LogP contribution in [0.15, 0.2) is 42.5 Å². The Labute approximate surface area is 146 Å². The highest BCUT2D eigenvalue weighted by molar-refractivity contribution is 6.02. The van der Waals surface area contributed by atoms with Crippen LogP contribution in [0.4, 0.5) is 10.1 Å². The van der Waals surface area contributed by atoms with Gasteiger partial charge in [0.1, 0.15) is 23.4 Å². The molecule has 0 bridgehead atoms. The molecule has 5 heteroatoms. The number of fused-ring (bicyclic) bond motifs is 1. The minimum atomic E-state index is -0.473. The number of para-hydroxylation sites is 1. The standard InChI is InChI=1S/C20H20FNO3/c1-3-24-18-12-15-10-13(2)25-19(15)11-14(18)8-9-20(23)22-17-7-5-4-6-16(17)21/h4-9,11-13H,3,10H2,1-2H3,(H,22,23). The van der Waals surface area contributed by atoms with Gasteiger partial charge in [-0.05, 0) is 44.2 Å². The van der Waals surface area contributed by atoms with Gasteiger partial charge in [0.05, 0.1) is 12.3 Å². The van der Waals surface area contributed by atoms with E-state index in [4.69, 9.17) is 9.47 Å². The maximum Gasteiger partial charge on any atom is 0.248 e. The molecule has 0 saturated heterocycles. The first-order valence-electron chi connectivity index (χ1n) is 8.26. The van der Waals surface area contributed by atoms with Crippen molar-refractivity contribution in [3.05, 3.63) is 59.4 Å². The minimum Gasteiger partial charge on any atom is -0.493 e. The molecule has 1 N–H and O–H groups in total. The topological polar surface area (TPSA) is 47.6 Å². The number of amides is 1. The van der Waals surface area contributed by atoms with E-state index in [1.807, 2.05) is 26.0 Å². The van der Waals surface area contributed by atoms with Crippen molar-refractivity contribution in [2.45, 2.75) is 26.4 Å². The van der Waals surface area contributed by atoms with E-state index in [-0.39, 0.29) is 11.8 Å². The molecule has 0 aliphatic carbocycles. The van der Waals surface area contributed by atoms with Gasteiger partial charge in [-0.2, -0.15) is 0 Å². The van der Waals surface area contributed by atoms with Gasteiger partial charge in [-0.25, -0.2) is 4.39 Å². The number of anilines is 1. The van der Waals surface area contributed by atoms with Crippen molar-refractivity contribution < 1.29 is 18.7 Å². The lowest BCUT2D eigenvalue weighted by Crippen LogP contribution is -2.09. The average Bonchev–Trinajstić information content (AvgIpc) is 2.94. The fourth-order valence-corrected chi connectivity index (χ4v) is 2.77. The zero-order chi connectivity index (χ0) is 17.8. The van der Waals surface area contributed by atoms with Gasteiger partial charge >= 0.3 is 0 Å². The SMILES string of the molecule is CCOc1cc2c(cc1C=CC(=O)Nc1ccccc1F)OC(C)C2. The van der Waals surface area contributed by atoms with Gasteiger partial charge in [-0.15, -0.1) is 0 Å². The van der Waals surface area contributed by atoms with Crippen LogP contribution in [0.25, 0.3) is 6.08 Å². The number of nitrogens with one attached hydrogen (secondary N) is 1. The van der Waals surface area contributed by atoms with Crippen molar-refractivity contribution in [3.63, 3.8) is 0 Å². The molecular weight excluding hydrogens is 321 g/mol. The van der Waals surface area contributed by atoms with E-state index in [1.54, 1.807) is 18.2 Å². The quantitative estimate of drug-likeness (QED) is 0.829. The van der Waals surface area contributed by atoms with E-state index < -0.39 is 11.7 Å². The Bertz CT molecular complexity index is 817. The summed E-state index contributed by atoms with van der Waals surface area (Å²) in [6.45, 7) is 4.44. The Balaban J connectivity index is 1.79. The molecule has 0 spiro atoms. The zero-order valence-electron chi connectivity index (χ0n) is 14.2. The number of carbonyl (C=O) groups excluding carboxylic acids is 1. The van der Waals surface area contributed by atoms with Crippen molar-refractivity contribution in [2.24, 2.45) is 0 Å². The second kappa shape index (κ2) is 7.38. The third-order valence-electron chi connectivity index (χ3n) is 3.87. The zero-order valence-corrected chi connectivity index (χ0v) is 14.2. The lowest BCUT2D eigenvalue weighted by Gasteiger charge is -2.10. The van der Waals surface area contributed by atoms with Crippen LogP contribution >= 0.6 is 0 Å². The van der Waals surface area contributed by atoms with Crippen LogP contribution in [-0.2, 0) is 11.2 Å². The molecule has 0 saturated carbocycles. The number of carbonyl (C=O) groups is 1. The van der Waals surface area contributed by atoms with Gasteiger partial charge in [-0.1, -0.05) is 12.1 Å². The maximum absolute atomic E-state index is 13.6. The van der Waals surface area contributed by atoms with Crippen LogP contribution in [0.1, 0.15) is 25.0 Å². The normalized spacial score (nSPS) is 15.7. The van der Waals surface area contributed by atoms with Crippen LogP contribution in [0.2, 0.25) is 0 Å². The predicted octanol–water partition coefficient (Wildman–Crippen LogP) is 4.20. The van der Waals surface area contributed by atoms with Crippen LogP contribution in [0, 0.1) is 5.82 Å². The summed E-state index contributed by atoms with van der Waals surface area (Å²) in [5.74, 6) is 0.625. The Hall–Kier alpha value is -2.82. The first-order chi connectivity index (χ1) is 12.1. The smallest absolute Gasteiger partial charge is 0.248 e. The van der Waals surface area contributed by atoms with Crippen molar-refractivity contribution in [1.82, 2.24) is 0 Å². The predicted molar refractivity (Wildman–Crippen MR) is 95.5 cm³/mol. The van der Waals surface area contributed by atoms with Crippen LogP contribution < -0.4 is 14.8 Å². The summed E-state index contributed by atoms with van der Waals surface area (Å²) in [4.78, 5) is 12.1. The maximum atomic E-state index is 13.6. The summed E-state index contributed by atoms with van der Waals surface area (Å²) in [5.41, 5.74) is 2.00. The highest BCUT2D eigenvalue weighted by Crippen LogP contribution is 2.35. The molecule has 2 aromatic rings. The summed E-state index contributed by atoms with van der Waals surface area (Å²) in [6.07, 6.45) is 3.98. The van der Waals surface area contributed by atoms with E-state index in [1.165, 1.54) is 18.2 Å². The molecule has 1 atom stereocenters. The summed E-state index contributed by atoms with van der Waals surface area (Å²) >= 11 is 0. The first kappa shape index (κ1) is 17.0. The molecule has 25 heavy (non-hydrogen) atoms. The fourth-order valence-electron chi connectivity index (χ4n) is 2.77. The van der Waals surface area contributed by atoms with E-state index in [2.05, 4.69) is 5.32 Å². The van der Waals surface area contributed by atoms with E-state index in [0.29, 0.717) is 12.4 Å². The van der Waals surface area contributed by atoms with Gasteiger partial charge in [0.25, 0.3) is 0 Å². The number of ether oxygens (including phenoxy) is 2. The fraction of sp³-hybridized carbons (Fsp3) is 0.250. The van der Waals surface area contributed by atoms with Crippen LogP contribution in [0.3, 0.4) is 0 Å². The Morgan fingerprint density at radius 3 is 2.96 bits per heavy atom. The third-order valence-corrected chi connectivity index (χ3v) is 3.87. The molecule has 0 radical (unpaired) electrons. The van der Waals surface area contributed by atoms with E-state index in [9.17, 15) is 9.18 Å². The molecule has 1 aliphatic rings. The van der Waals surface area contributed by atoms with Crippen molar-refractivity contribution in [1.29, 1.82) is 0 Å². The summed E-state index contributed by atoms with van der Waals surface area (Å²) < 4.78 is 25.0. The molecule has 1 amide bonds. The van der Waals surface area contributed by atoms with Gasteiger partial charge in [0.15, 0.2) is 0 Å². The van der Waals surface area contributed by atoms with Gasteiger partial charge in [0.2, 0.25) is 5.91 Å². The first-order valence-corrected chi connectivity index (χ1v) is 8.26. The number of hydrogen-bond acceptors (Lipinski definition) is 3. The summed E-state index contributed by atoms with van der Waals surface area (Å²) in [7, 11) is 0. The van der Waals surface area contributed by atoms with Gasteiger partial charge in [-0.3, -0.25) is 4.79 Å². The summed E-state index contributed by atoms with van der Waals surface area (Å²) in [5, 5.41) is 2.52. The lowest BCUT2D eigenvalue weighted by atomic mass is 10.1. The van der Waals surface area contributed by atoms with E-state index >= 15 is 0 Å². The Morgan fingerprint density at radius 2 is 2.20 bits per heavy atom. The molecule has 1 unspecified atom stereocenters. The highest BCUT2D eigenvalue weighted by Gasteiger charge is 2.21. The van der Waals surface area contributed by atoms with Gasteiger partial charge in [0, 0.05) is 23.6 Å². The lowest BCUT2D eigenvalue weighted by molar-refractivity contribution is -0.111. The molecule has 3 rings (SSSR count). The second-order valence-electron chi connectivity index (χ2n) is 5.87. The molecule has 130 valence electrons. The molecule has 1 aliphatic heterocycles. The minimum absolute atomic E-state index is 0.132. The highest BCUT2D eigenvalue weighted by atomic mass is 19.1. The largest absolute Gasteiger partial charge is 0.493 e. The molecule has 4 nitrogen and oxygen atoms in total. The molecular formula is C20H20FNO3. The number of rotatable bonds is 5. The Morgan fingerprint density at radius 1 is 1.40 bits per heavy atom. The van der Waals surface area contributed by atoms with Crippen LogP contribution in [0.5, 0.6) is 11.5 Å². The molecule has 2 aromatic carbocycles. The van der Waals surface area contributed by atoms with Crippen molar-refractivity contribution in [2.75, 3.05) is 11.9 Å². The average molecular weight is 341 g/mol. The molecule has 1 heterocycles. The third kappa shape index (κ3) is 3.99. The summed E-state index contributed by atoms with van der Waals surface area (Å²) in [6, 6.07) is 9.87. The monoisotopic (exact) mass is 341 g/mol. The van der Waals surface area contributed by atoms with Gasteiger partial charge < -0.3 is 14.8 Å². The second-order valence-corrected chi connectivity index (χ2v) is 5.87. The number of benzene rings is 2. The Kier molecular flexibility index (Phi) is 5.03.